The largest absolute Gasteiger partial charge is 0.284 e. The number of ketones is 1. The van der Waals surface area contributed by atoms with Gasteiger partial charge in [0.1, 0.15) is 0 Å². The van der Waals surface area contributed by atoms with E-state index in [1.54, 1.807) is 12.5 Å². The third-order valence-corrected chi connectivity index (χ3v) is 1.55. The molecule has 1 nitrogen and oxygen atoms in total. The molecule has 10 heavy (non-hydrogen) atoms. The molecule has 0 saturated heterocycles. The van der Waals surface area contributed by atoms with Gasteiger partial charge in [0.05, 0.1) is 30.2 Å². The van der Waals surface area contributed by atoms with Crippen LogP contribution in [-0.2, 0) is 4.79 Å². The number of hydrogen-bond acceptors (Lipinski definition) is 1. The molecule has 0 unspecified atom stereocenters. The number of hydrogen-bond donors (Lipinski definition) is 0. The fourth-order valence-electron chi connectivity index (χ4n) is 0.853. The van der Waals surface area contributed by atoms with Crippen LogP contribution in [0.3, 0.4) is 0 Å². The standard InChI is InChI=1S/C9H11O/c1-7(2)8-3-5-9(10)6-4-8/h3-7H,1-2H3/q+1. The van der Waals surface area contributed by atoms with Gasteiger partial charge in [0.15, 0.2) is 0 Å². The average Bonchev–Trinajstić information content (AvgIpc) is 1.88. The maximum Gasteiger partial charge on any atom is 0.284 e. The lowest BCUT2D eigenvalue weighted by Crippen LogP contribution is -2.01. The van der Waals surface area contributed by atoms with Gasteiger partial charge in [0.25, 0.3) is 5.78 Å². The molecule has 0 heterocycles. The van der Waals surface area contributed by atoms with E-state index in [1.807, 2.05) is 12.2 Å². The molecule has 0 aromatic heterocycles. The third-order valence-electron chi connectivity index (χ3n) is 1.55. The number of carbonyl (C=O) groups is 1. The highest BCUT2D eigenvalue weighted by Crippen LogP contribution is 2.14. The number of allylic oxidation sites excluding steroid dienone is 4. The summed E-state index contributed by atoms with van der Waals surface area (Å²) in [5, 5.41) is 0. The molecule has 1 aliphatic rings. The number of rotatable bonds is 1. The Labute approximate surface area is 61.4 Å². The third kappa shape index (κ3) is 1.50. The average molecular weight is 135 g/mol. The zero-order valence-corrected chi connectivity index (χ0v) is 6.29. The van der Waals surface area contributed by atoms with Gasteiger partial charge in [-0.05, 0) is 13.8 Å². The minimum Gasteiger partial charge on any atom is -0.258 e. The minimum absolute atomic E-state index is 0.0874. The van der Waals surface area contributed by atoms with E-state index < -0.39 is 0 Å². The van der Waals surface area contributed by atoms with Crippen molar-refractivity contribution in [3.63, 3.8) is 0 Å². The van der Waals surface area contributed by atoms with Gasteiger partial charge in [0, 0.05) is 5.92 Å². The molecule has 0 aromatic rings. The van der Waals surface area contributed by atoms with Gasteiger partial charge in [-0.2, -0.15) is 0 Å². The second-order valence-electron chi connectivity index (χ2n) is 2.72. The molecule has 1 heteroatoms. The van der Waals surface area contributed by atoms with Crippen LogP contribution in [0.1, 0.15) is 13.8 Å². The zero-order chi connectivity index (χ0) is 7.56. The Bertz CT molecular complexity index is 197. The maximum absolute atomic E-state index is 10.6. The van der Waals surface area contributed by atoms with E-state index in [4.69, 9.17) is 0 Å². The predicted molar refractivity (Wildman–Crippen MR) is 41.4 cm³/mol. The van der Waals surface area contributed by atoms with Crippen LogP contribution in [0.2, 0.25) is 0 Å². The van der Waals surface area contributed by atoms with Gasteiger partial charge in [-0.25, -0.2) is 0 Å². The lowest BCUT2D eigenvalue weighted by Gasteiger charge is -2.00. The summed E-state index contributed by atoms with van der Waals surface area (Å²) >= 11 is 0. The zero-order valence-electron chi connectivity index (χ0n) is 6.29. The first kappa shape index (κ1) is 7.13. The molecule has 0 fully saturated rings. The lowest BCUT2D eigenvalue weighted by molar-refractivity contribution is -0.111. The molecule has 0 spiro atoms. The van der Waals surface area contributed by atoms with E-state index in [-0.39, 0.29) is 5.78 Å². The molecule has 0 radical (unpaired) electrons. The summed E-state index contributed by atoms with van der Waals surface area (Å²) in [4.78, 5) is 10.6. The Hall–Kier alpha value is -0.980. The molecular weight excluding hydrogens is 124 g/mol. The summed E-state index contributed by atoms with van der Waals surface area (Å²) in [6.07, 6.45) is 6.98. The Morgan fingerprint density at radius 3 is 2.50 bits per heavy atom. The van der Waals surface area contributed by atoms with E-state index >= 15 is 0 Å². The lowest BCUT2D eigenvalue weighted by atomic mass is 9.97. The van der Waals surface area contributed by atoms with Crippen molar-refractivity contribution in [2.75, 3.05) is 0 Å². The summed E-state index contributed by atoms with van der Waals surface area (Å²) in [6, 6.07) is 0. The summed E-state index contributed by atoms with van der Waals surface area (Å²) < 4.78 is 0. The first-order chi connectivity index (χ1) is 4.70. The fraction of sp³-hybridized carbons (Fsp3) is 0.333. The monoisotopic (exact) mass is 135 g/mol. The molecule has 0 N–H and O–H groups in total. The van der Waals surface area contributed by atoms with E-state index in [1.165, 1.54) is 5.57 Å². The van der Waals surface area contributed by atoms with Crippen LogP contribution in [0.25, 0.3) is 0 Å². The maximum atomic E-state index is 10.6. The molecule has 0 aromatic carbocycles. The second-order valence-corrected chi connectivity index (χ2v) is 2.72. The van der Waals surface area contributed by atoms with E-state index in [0.29, 0.717) is 5.92 Å². The van der Waals surface area contributed by atoms with Crippen molar-refractivity contribution >= 4 is 5.78 Å². The topological polar surface area (TPSA) is 17.1 Å². The summed E-state index contributed by atoms with van der Waals surface area (Å²) in [5.41, 5.74) is 1.22. The van der Waals surface area contributed by atoms with E-state index in [9.17, 15) is 4.79 Å². The molecule has 52 valence electrons. The van der Waals surface area contributed by atoms with Crippen molar-refractivity contribution in [3.05, 3.63) is 30.2 Å². The van der Waals surface area contributed by atoms with Crippen LogP contribution < -0.4 is 0 Å². The Morgan fingerprint density at radius 2 is 2.10 bits per heavy atom. The quantitative estimate of drug-likeness (QED) is 0.502. The first-order valence-electron chi connectivity index (χ1n) is 3.47. The molecule has 0 bridgehead atoms. The molecule has 1 aliphatic carbocycles. The number of carbonyl (C=O) groups excluding carboxylic acids is 1. The van der Waals surface area contributed by atoms with Crippen molar-refractivity contribution < 1.29 is 4.79 Å². The Kier molecular flexibility index (Phi) is 1.95. The predicted octanol–water partition coefficient (Wildman–Crippen LogP) is 1.91. The summed E-state index contributed by atoms with van der Waals surface area (Å²) in [7, 11) is 0. The highest BCUT2D eigenvalue weighted by Gasteiger charge is 2.14. The molecular formula is C9H11O+. The Balaban J connectivity index is 2.67. The van der Waals surface area contributed by atoms with Gasteiger partial charge in [-0.15, -0.1) is 0 Å². The minimum atomic E-state index is 0.0874. The van der Waals surface area contributed by atoms with Crippen LogP contribution in [0, 0.1) is 12.3 Å². The second kappa shape index (κ2) is 2.74. The molecule has 0 aliphatic heterocycles. The fourth-order valence-corrected chi connectivity index (χ4v) is 0.853. The van der Waals surface area contributed by atoms with Gasteiger partial charge < -0.3 is 0 Å². The Morgan fingerprint density at radius 1 is 1.40 bits per heavy atom. The van der Waals surface area contributed by atoms with Crippen LogP contribution in [-0.4, -0.2) is 5.78 Å². The molecule has 1 rings (SSSR count). The highest BCUT2D eigenvalue weighted by molar-refractivity contribution is 6.00. The summed E-state index contributed by atoms with van der Waals surface area (Å²) in [6.45, 7) is 4.22. The van der Waals surface area contributed by atoms with Crippen LogP contribution >= 0.6 is 0 Å². The van der Waals surface area contributed by atoms with Gasteiger partial charge in [-0.1, -0.05) is 0 Å². The smallest absolute Gasteiger partial charge is 0.258 e. The first-order valence-corrected chi connectivity index (χ1v) is 3.47. The van der Waals surface area contributed by atoms with Crippen LogP contribution in [0.5, 0.6) is 0 Å². The molecule has 0 atom stereocenters. The van der Waals surface area contributed by atoms with Crippen LogP contribution in [0.4, 0.5) is 0 Å². The van der Waals surface area contributed by atoms with Crippen molar-refractivity contribution in [2.24, 2.45) is 5.92 Å². The van der Waals surface area contributed by atoms with E-state index in [2.05, 4.69) is 13.8 Å². The van der Waals surface area contributed by atoms with Gasteiger partial charge in [0.2, 0.25) is 0 Å². The normalized spacial score (nSPS) is 17.1. The van der Waals surface area contributed by atoms with Crippen LogP contribution in [0.15, 0.2) is 23.8 Å². The van der Waals surface area contributed by atoms with Gasteiger partial charge >= 0.3 is 0 Å². The SMILES string of the molecule is CC(C)C1=C[CH+]C(=O)C=C1. The van der Waals surface area contributed by atoms with Crippen molar-refractivity contribution in [1.82, 2.24) is 0 Å². The molecule has 0 saturated carbocycles. The highest BCUT2D eigenvalue weighted by atomic mass is 16.1. The van der Waals surface area contributed by atoms with Gasteiger partial charge in [-0.3, -0.25) is 4.79 Å². The summed E-state index contributed by atoms with van der Waals surface area (Å²) in [5.74, 6) is 0.602. The van der Waals surface area contributed by atoms with E-state index in [0.717, 1.165) is 0 Å². The van der Waals surface area contributed by atoms with Crippen molar-refractivity contribution in [3.8, 4) is 0 Å². The van der Waals surface area contributed by atoms with Crippen molar-refractivity contribution in [1.29, 1.82) is 0 Å². The van der Waals surface area contributed by atoms with Crippen molar-refractivity contribution in [2.45, 2.75) is 13.8 Å². The molecule has 0 amide bonds.